The summed E-state index contributed by atoms with van der Waals surface area (Å²) in [6.07, 6.45) is -0.695. The van der Waals surface area contributed by atoms with Crippen LogP contribution in [0.2, 0.25) is 0 Å². The molecule has 0 fully saturated rings. The summed E-state index contributed by atoms with van der Waals surface area (Å²) in [5.41, 5.74) is 0.644. The molecule has 1 aromatic carbocycles. The van der Waals surface area contributed by atoms with Crippen LogP contribution in [0.25, 0.3) is 0 Å². The molecule has 0 radical (unpaired) electrons. The number of benzene rings is 1. The summed E-state index contributed by atoms with van der Waals surface area (Å²) >= 11 is 0. The van der Waals surface area contributed by atoms with E-state index in [1.54, 1.807) is 13.8 Å². The molecule has 3 nitrogen and oxygen atoms in total. The van der Waals surface area contributed by atoms with Crippen molar-refractivity contribution in [3.8, 4) is 5.75 Å². The number of hydrogen-bond acceptors (Lipinski definition) is 3. The first-order chi connectivity index (χ1) is 7.04. The molecule has 1 aromatic rings. The van der Waals surface area contributed by atoms with Crippen molar-refractivity contribution in [1.29, 1.82) is 0 Å². The lowest BCUT2D eigenvalue weighted by molar-refractivity contribution is -0.147. The minimum absolute atomic E-state index is 0.328. The Balaban J connectivity index is 2.76. The van der Waals surface area contributed by atoms with E-state index in [2.05, 4.69) is 4.74 Å². The van der Waals surface area contributed by atoms with Gasteiger partial charge in [0, 0.05) is 0 Å². The maximum absolute atomic E-state index is 12.8. The van der Waals surface area contributed by atoms with E-state index in [9.17, 15) is 9.18 Å². The monoisotopic (exact) mass is 212 g/mol. The van der Waals surface area contributed by atoms with Gasteiger partial charge in [0.15, 0.2) is 6.10 Å². The fourth-order valence-corrected chi connectivity index (χ4v) is 1.15. The Morgan fingerprint density at radius 1 is 1.47 bits per heavy atom. The molecule has 0 aliphatic carbocycles. The summed E-state index contributed by atoms with van der Waals surface area (Å²) in [7, 11) is 1.29. The summed E-state index contributed by atoms with van der Waals surface area (Å²) in [5.74, 6) is -0.307. The van der Waals surface area contributed by atoms with Crippen molar-refractivity contribution in [3.63, 3.8) is 0 Å². The molecule has 0 heterocycles. The minimum atomic E-state index is -0.695. The Morgan fingerprint density at radius 3 is 2.67 bits per heavy atom. The average molecular weight is 212 g/mol. The van der Waals surface area contributed by atoms with Gasteiger partial charge in [-0.2, -0.15) is 0 Å². The molecular formula is C11H13FO3. The summed E-state index contributed by atoms with van der Waals surface area (Å²) in [6, 6.07) is 4.12. The molecule has 0 aliphatic heterocycles. The highest BCUT2D eigenvalue weighted by atomic mass is 19.1. The fraction of sp³-hybridized carbons (Fsp3) is 0.364. The second-order valence-corrected chi connectivity index (χ2v) is 3.19. The highest BCUT2D eigenvalue weighted by Gasteiger charge is 2.15. The van der Waals surface area contributed by atoms with Gasteiger partial charge in [-0.1, -0.05) is 0 Å². The van der Waals surface area contributed by atoms with Crippen LogP contribution in [-0.4, -0.2) is 19.2 Å². The third-order valence-electron chi connectivity index (χ3n) is 1.97. The Kier molecular flexibility index (Phi) is 3.66. The summed E-state index contributed by atoms with van der Waals surface area (Å²) in [5, 5.41) is 0. The first-order valence-corrected chi connectivity index (χ1v) is 4.55. The van der Waals surface area contributed by atoms with Crippen LogP contribution in [0.15, 0.2) is 18.2 Å². The molecule has 0 unspecified atom stereocenters. The van der Waals surface area contributed by atoms with Gasteiger partial charge in [-0.25, -0.2) is 9.18 Å². The number of carbonyl (C=O) groups excluding carboxylic acids is 1. The molecule has 82 valence electrons. The van der Waals surface area contributed by atoms with Crippen molar-refractivity contribution in [3.05, 3.63) is 29.6 Å². The van der Waals surface area contributed by atoms with Gasteiger partial charge >= 0.3 is 5.97 Å². The first kappa shape index (κ1) is 11.5. The zero-order chi connectivity index (χ0) is 11.4. The van der Waals surface area contributed by atoms with E-state index in [1.807, 2.05) is 0 Å². The molecule has 0 aromatic heterocycles. The topological polar surface area (TPSA) is 35.5 Å². The van der Waals surface area contributed by atoms with E-state index >= 15 is 0 Å². The molecule has 0 bridgehead atoms. The van der Waals surface area contributed by atoms with Crippen LogP contribution >= 0.6 is 0 Å². The second kappa shape index (κ2) is 4.77. The molecule has 0 spiro atoms. The normalized spacial score (nSPS) is 12.0. The SMILES string of the molecule is COC(=O)[C@H](C)Oc1ccc(F)cc1C. The molecule has 15 heavy (non-hydrogen) atoms. The van der Waals surface area contributed by atoms with Crippen molar-refractivity contribution >= 4 is 5.97 Å². The Morgan fingerprint density at radius 2 is 2.13 bits per heavy atom. The third-order valence-corrected chi connectivity index (χ3v) is 1.97. The van der Waals surface area contributed by atoms with Crippen molar-refractivity contribution in [2.24, 2.45) is 0 Å². The minimum Gasteiger partial charge on any atom is -0.479 e. The van der Waals surface area contributed by atoms with Crippen LogP contribution < -0.4 is 4.74 Å². The number of aryl methyl sites for hydroxylation is 1. The van der Waals surface area contributed by atoms with Crippen molar-refractivity contribution < 1.29 is 18.7 Å². The van der Waals surface area contributed by atoms with Gasteiger partial charge < -0.3 is 9.47 Å². The molecule has 0 aliphatic rings. The average Bonchev–Trinajstić information content (AvgIpc) is 2.20. The highest BCUT2D eigenvalue weighted by Crippen LogP contribution is 2.19. The number of ether oxygens (including phenoxy) is 2. The number of rotatable bonds is 3. The third kappa shape index (κ3) is 2.94. The van der Waals surface area contributed by atoms with Crippen LogP contribution in [0.1, 0.15) is 12.5 Å². The lowest BCUT2D eigenvalue weighted by Crippen LogP contribution is -2.25. The van der Waals surface area contributed by atoms with Gasteiger partial charge in [0.25, 0.3) is 0 Å². The molecular weight excluding hydrogens is 199 g/mol. The van der Waals surface area contributed by atoms with Crippen molar-refractivity contribution in [2.75, 3.05) is 7.11 Å². The molecule has 4 heteroatoms. The van der Waals surface area contributed by atoms with E-state index < -0.39 is 12.1 Å². The van der Waals surface area contributed by atoms with Gasteiger partial charge in [0.1, 0.15) is 11.6 Å². The predicted octanol–water partition coefficient (Wildman–Crippen LogP) is 2.07. The first-order valence-electron chi connectivity index (χ1n) is 4.55. The molecule has 0 saturated carbocycles. The smallest absolute Gasteiger partial charge is 0.346 e. The van der Waals surface area contributed by atoms with Crippen LogP contribution in [0.4, 0.5) is 4.39 Å². The van der Waals surface area contributed by atoms with Crippen LogP contribution in [0.5, 0.6) is 5.75 Å². The quantitative estimate of drug-likeness (QED) is 0.719. The number of esters is 1. The highest BCUT2D eigenvalue weighted by molar-refractivity contribution is 5.74. The zero-order valence-electron chi connectivity index (χ0n) is 8.91. The van der Waals surface area contributed by atoms with Crippen LogP contribution in [-0.2, 0) is 9.53 Å². The van der Waals surface area contributed by atoms with Gasteiger partial charge in [-0.3, -0.25) is 0 Å². The standard InChI is InChI=1S/C11H13FO3/c1-7-6-9(12)4-5-10(7)15-8(2)11(13)14-3/h4-6,8H,1-3H3/t8-/m0/s1. The molecule has 1 atom stereocenters. The Labute approximate surface area is 87.8 Å². The fourth-order valence-electron chi connectivity index (χ4n) is 1.15. The van der Waals surface area contributed by atoms with Crippen molar-refractivity contribution in [2.45, 2.75) is 20.0 Å². The summed E-state index contributed by atoms with van der Waals surface area (Å²) in [6.45, 7) is 3.29. The predicted molar refractivity (Wildman–Crippen MR) is 53.2 cm³/mol. The Bertz CT molecular complexity index is 363. The van der Waals surface area contributed by atoms with Gasteiger partial charge in [0.2, 0.25) is 0 Å². The Hall–Kier alpha value is -1.58. The van der Waals surface area contributed by atoms with Crippen molar-refractivity contribution in [1.82, 2.24) is 0 Å². The molecule has 1 rings (SSSR count). The van der Waals surface area contributed by atoms with E-state index in [4.69, 9.17) is 4.74 Å². The lowest BCUT2D eigenvalue weighted by atomic mass is 10.2. The molecule has 0 saturated heterocycles. The van der Waals surface area contributed by atoms with E-state index in [-0.39, 0.29) is 5.82 Å². The number of halogens is 1. The number of methoxy groups -OCH3 is 1. The van der Waals surface area contributed by atoms with Crippen LogP contribution in [0.3, 0.4) is 0 Å². The lowest BCUT2D eigenvalue weighted by Gasteiger charge is -2.14. The van der Waals surface area contributed by atoms with Gasteiger partial charge in [-0.05, 0) is 37.6 Å². The van der Waals surface area contributed by atoms with E-state index in [0.29, 0.717) is 11.3 Å². The van der Waals surface area contributed by atoms with Gasteiger partial charge in [-0.15, -0.1) is 0 Å². The molecule has 0 amide bonds. The number of carbonyl (C=O) groups is 1. The van der Waals surface area contributed by atoms with Crippen LogP contribution in [0, 0.1) is 12.7 Å². The summed E-state index contributed by atoms with van der Waals surface area (Å²) < 4.78 is 22.6. The van der Waals surface area contributed by atoms with Gasteiger partial charge in [0.05, 0.1) is 7.11 Å². The second-order valence-electron chi connectivity index (χ2n) is 3.19. The zero-order valence-corrected chi connectivity index (χ0v) is 8.91. The maximum atomic E-state index is 12.8. The van der Waals surface area contributed by atoms with E-state index in [1.165, 1.54) is 25.3 Å². The molecule has 0 N–H and O–H groups in total. The largest absolute Gasteiger partial charge is 0.479 e. The maximum Gasteiger partial charge on any atom is 0.346 e. The summed E-state index contributed by atoms with van der Waals surface area (Å²) in [4.78, 5) is 11.1. The van der Waals surface area contributed by atoms with E-state index in [0.717, 1.165) is 0 Å². The number of hydrogen-bond donors (Lipinski definition) is 0.